The maximum Gasteiger partial charge on any atom is 0.361 e. The molecule has 0 aliphatic rings. The lowest BCUT2D eigenvalue weighted by molar-refractivity contribution is 0.0459. The van der Waals surface area contributed by atoms with Gasteiger partial charge in [-0.1, -0.05) is 40.6 Å². The van der Waals surface area contributed by atoms with E-state index in [2.05, 4.69) is 15.3 Å². The SMILES string of the molecule is Cc1ccc(-c2nc(COC(=O)c3nnn(-c4ccc(C)c(Cl)c4)c3C)c(C)o2)cc1. The number of carbonyl (C=O) groups is 1. The molecule has 0 aliphatic carbocycles. The fourth-order valence-corrected chi connectivity index (χ4v) is 3.24. The number of nitrogens with zero attached hydrogens (tertiary/aromatic N) is 4. The van der Waals surface area contributed by atoms with Crippen molar-refractivity contribution in [3.05, 3.63) is 81.5 Å². The van der Waals surface area contributed by atoms with E-state index in [1.165, 1.54) is 0 Å². The summed E-state index contributed by atoms with van der Waals surface area (Å²) in [4.78, 5) is 17.1. The number of carbonyl (C=O) groups excluding carboxylic acids is 1. The van der Waals surface area contributed by atoms with Crippen LogP contribution in [0.1, 0.15) is 38.8 Å². The van der Waals surface area contributed by atoms with E-state index in [1.54, 1.807) is 24.6 Å². The fourth-order valence-electron chi connectivity index (χ4n) is 3.06. The molecule has 0 spiro atoms. The number of hydrogen-bond acceptors (Lipinski definition) is 6. The second-order valence-corrected chi connectivity index (χ2v) is 7.74. The van der Waals surface area contributed by atoms with Crippen LogP contribution in [-0.4, -0.2) is 25.9 Å². The van der Waals surface area contributed by atoms with Gasteiger partial charge < -0.3 is 9.15 Å². The van der Waals surface area contributed by atoms with E-state index in [9.17, 15) is 4.79 Å². The van der Waals surface area contributed by atoms with Gasteiger partial charge in [0, 0.05) is 10.6 Å². The number of hydrogen-bond donors (Lipinski definition) is 0. The fraction of sp³-hybridized carbons (Fsp3) is 0.217. The zero-order valence-corrected chi connectivity index (χ0v) is 18.4. The molecule has 4 aromatic rings. The molecule has 8 heteroatoms. The van der Waals surface area contributed by atoms with Gasteiger partial charge in [-0.25, -0.2) is 14.5 Å². The van der Waals surface area contributed by atoms with Crippen LogP contribution in [-0.2, 0) is 11.3 Å². The summed E-state index contributed by atoms with van der Waals surface area (Å²) < 4.78 is 12.7. The Balaban J connectivity index is 1.49. The highest BCUT2D eigenvalue weighted by Gasteiger charge is 2.21. The smallest absolute Gasteiger partial charge is 0.361 e. The second kappa shape index (κ2) is 8.35. The summed E-state index contributed by atoms with van der Waals surface area (Å²) >= 11 is 6.20. The first kappa shape index (κ1) is 20.8. The van der Waals surface area contributed by atoms with Crippen molar-refractivity contribution in [1.29, 1.82) is 0 Å². The molecule has 0 saturated carbocycles. The van der Waals surface area contributed by atoms with E-state index in [4.69, 9.17) is 20.8 Å². The maximum absolute atomic E-state index is 12.6. The first-order valence-corrected chi connectivity index (χ1v) is 10.1. The molecule has 0 radical (unpaired) electrons. The number of esters is 1. The topological polar surface area (TPSA) is 83.0 Å². The third-order valence-electron chi connectivity index (χ3n) is 5.02. The van der Waals surface area contributed by atoms with Crippen molar-refractivity contribution in [2.45, 2.75) is 34.3 Å². The molecule has 31 heavy (non-hydrogen) atoms. The molecule has 158 valence electrons. The number of oxazole rings is 1. The first-order chi connectivity index (χ1) is 14.8. The van der Waals surface area contributed by atoms with Crippen molar-refractivity contribution in [3.63, 3.8) is 0 Å². The summed E-state index contributed by atoms with van der Waals surface area (Å²) in [6.07, 6.45) is 0. The first-order valence-electron chi connectivity index (χ1n) is 9.73. The van der Waals surface area contributed by atoms with Crippen molar-refractivity contribution < 1.29 is 13.9 Å². The van der Waals surface area contributed by atoms with Crippen molar-refractivity contribution in [2.24, 2.45) is 0 Å². The lowest BCUT2D eigenvalue weighted by atomic mass is 10.1. The molecule has 2 aromatic heterocycles. The minimum Gasteiger partial charge on any atom is -0.454 e. The monoisotopic (exact) mass is 436 g/mol. The maximum atomic E-state index is 12.6. The van der Waals surface area contributed by atoms with Crippen LogP contribution < -0.4 is 0 Å². The van der Waals surface area contributed by atoms with E-state index in [1.807, 2.05) is 50.2 Å². The Bertz CT molecular complexity index is 1260. The number of benzene rings is 2. The van der Waals surface area contributed by atoms with E-state index >= 15 is 0 Å². The number of rotatable bonds is 5. The van der Waals surface area contributed by atoms with Gasteiger partial charge in [0.2, 0.25) is 5.89 Å². The van der Waals surface area contributed by atoms with Gasteiger partial charge in [0.05, 0.1) is 11.4 Å². The van der Waals surface area contributed by atoms with Crippen molar-refractivity contribution >= 4 is 17.6 Å². The van der Waals surface area contributed by atoms with Crippen LogP contribution in [0.25, 0.3) is 17.1 Å². The molecule has 0 atom stereocenters. The predicted molar refractivity (Wildman–Crippen MR) is 116 cm³/mol. The number of ether oxygens (including phenoxy) is 1. The second-order valence-electron chi connectivity index (χ2n) is 7.33. The zero-order valence-electron chi connectivity index (χ0n) is 17.6. The van der Waals surface area contributed by atoms with E-state index in [0.717, 1.165) is 22.4 Å². The Morgan fingerprint density at radius 2 is 1.84 bits per heavy atom. The Morgan fingerprint density at radius 1 is 1.10 bits per heavy atom. The molecule has 7 nitrogen and oxygen atoms in total. The van der Waals surface area contributed by atoms with Crippen LogP contribution >= 0.6 is 11.6 Å². The Hall–Kier alpha value is -3.45. The highest BCUT2D eigenvalue weighted by Crippen LogP contribution is 2.24. The molecule has 2 heterocycles. The van der Waals surface area contributed by atoms with E-state index < -0.39 is 5.97 Å². The van der Waals surface area contributed by atoms with Crippen LogP contribution in [0.3, 0.4) is 0 Å². The average Bonchev–Trinajstić information content (AvgIpc) is 3.31. The zero-order chi connectivity index (χ0) is 22.1. The molecular formula is C23H21ClN4O3. The average molecular weight is 437 g/mol. The summed E-state index contributed by atoms with van der Waals surface area (Å²) in [5, 5.41) is 8.68. The van der Waals surface area contributed by atoms with Gasteiger partial charge in [-0.15, -0.1) is 5.10 Å². The van der Waals surface area contributed by atoms with Crippen LogP contribution in [0, 0.1) is 27.7 Å². The minimum atomic E-state index is -0.582. The van der Waals surface area contributed by atoms with Crippen molar-refractivity contribution in [3.8, 4) is 17.1 Å². The van der Waals surface area contributed by atoms with E-state index in [0.29, 0.717) is 28.1 Å². The van der Waals surface area contributed by atoms with Gasteiger partial charge >= 0.3 is 5.97 Å². The van der Waals surface area contributed by atoms with Crippen LogP contribution in [0.15, 0.2) is 46.9 Å². The Labute approximate surface area is 184 Å². The summed E-state index contributed by atoms with van der Waals surface area (Å²) in [6, 6.07) is 13.4. The number of aromatic nitrogens is 4. The number of halogens is 1. The predicted octanol–water partition coefficient (Wildman–Crippen LogP) is 5.17. The lowest BCUT2D eigenvalue weighted by Gasteiger charge is -2.06. The molecule has 4 rings (SSSR count). The summed E-state index contributed by atoms with van der Waals surface area (Å²) in [5.74, 6) is 0.501. The quantitative estimate of drug-likeness (QED) is 0.401. The molecule has 0 amide bonds. The van der Waals surface area contributed by atoms with E-state index in [-0.39, 0.29) is 12.3 Å². The molecule has 0 N–H and O–H groups in total. The number of aryl methyl sites for hydroxylation is 3. The van der Waals surface area contributed by atoms with Crippen molar-refractivity contribution in [2.75, 3.05) is 0 Å². The minimum absolute atomic E-state index is 0.0251. The Morgan fingerprint density at radius 3 is 2.55 bits per heavy atom. The standard InChI is InChI=1S/C23H21ClN4O3/c1-13-5-8-17(9-6-13)22-25-20(16(4)31-22)12-30-23(29)21-15(3)28(27-26-21)18-10-7-14(2)19(24)11-18/h5-11H,12H2,1-4H3. The molecule has 0 saturated heterocycles. The van der Waals surface area contributed by atoms with Gasteiger partial charge in [-0.3, -0.25) is 0 Å². The van der Waals surface area contributed by atoms with Gasteiger partial charge in [0.1, 0.15) is 18.1 Å². The lowest BCUT2D eigenvalue weighted by Crippen LogP contribution is -2.09. The molecule has 0 unspecified atom stereocenters. The summed E-state index contributed by atoms with van der Waals surface area (Å²) in [5.41, 5.74) is 4.93. The molecule has 2 aromatic carbocycles. The molecule has 0 bridgehead atoms. The van der Waals surface area contributed by atoms with Gasteiger partial charge in [-0.2, -0.15) is 0 Å². The molecular weight excluding hydrogens is 416 g/mol. The third-order valence-corrected chi connectivity index (χ3v) is 5.43. The largest absolute Gasteiger partial charge is 0.454 e. The third kappa shape index (κ3) is 4.22. The van der Waals surface area contributed by atoms with Crippen LogP contribution in [0.2, 0.25) is 5.02 Å². The highest BCUT2D eigenvalue weighted by atomic mass is 35.5. The van der Waals surface area contributed by atoms with Crippen LogP contribution in [0.4, 0.5) is 0 Å². The summed E-state index contributed by atoms with van der Waals surface area (Å²) in [7, 11) is 0. The van der Waals surface area contributed by atoms with Crippen molar-refractivity contribution in [1.82, 2.24) is 20.0 Å². The Kier molecular flexibility index (Phi) is 5.61. The van der Waals surface area contributed by atoms with Crippen LogP contribution in [0.5, 0.6) is 0 Å². The van der Waals surface area contributed by atoms with Gasteiger partial charge in [-0.05, 0) is 57.5 Å². The molecule has 0 fully saturated rings. The normalized spacial score (nSPS) is 11.0. The summed E-state index contributed by atoms with van der Waals surface area (Å²) in [6.45, 7) is 7.45. The molecule has 0 aliphatic heterocycles. The highest BCUT2D eigenvalue weighted by molar-refractivity contribution is 6.31. The van der Waals surface area contributed by atoms with Gasteiger partial charge in [0.25, 0.3) is 0 Å². The van der Waals surface area contributed by atoms with Gasteiger partial charge in [0.15, 0.2) is 5.69 Å².